The van der Waals surface area contributed by atoms with Crippen LogP contribution in [0.4, 0.5) is 0 Å². The van der Waals surface area contributed by atoms with E-state index in [1.54, 1.807) is 0 Å². The standard InChI is InChI=1S/C85H146O17P2/c1-5-9-13-17-21-25-29-33-37-38-39-40-44-46-50-54-58-62-66-70-83(88)96-76-81(102-85(90)72-68-64-60-56-52-48-43-36-32-28-24-20-16-12-8-4)78-100-104(93,94)98-74-79(86)73-97-103(91,92)99-77-80(101-84(89)71-67-63-59-55-51-47-42-35-31-27-23-19-15-11-7-3)75-95-82(87)69-65-61-57-53-49-45-41-34-30-26-22-18-14-10-6-2/h9,13,21,24-28,30-31,33,36-37,39-40,43,46,50,58,62,79-81,86H,5-8,10-12,14-20,22-23,29,32,34-35,38,41-42,44-45,47-49,51-57,59-61,63-78H2,1-4H3,(H,91,92)(H,93,94)/b13-9-,25-21-,28-24-,30-26-,31-27-,37-33-,40-39-,43-36-,50-46-,62-58-/t79-,80+,81+/m0/s1. The van der Waals surface area contributed by atoms with Gasteiger partial charge >= 0.3 is 39.5 Å². The molecule has 598 valence electrons. The lowest BCUT2D eigenvalue weighted by Crippen LogP contribution is -2.30. The van der Waals surface area contributed by atoms with Gasteiger partial charge in [0.1, 0.15) is 19.3 Å². The number of unbranched alkanes of at least 4 members (excludes halogenated alkanes) is 30. The molecule has 0 amide bonds. The van der Waals surface area contributed by atoms with Crippen LogP contribution in [0, 0.1) is 0 Å². The van der Waals surface area contributed by atoms with Crippen molar-refractivity contribution in [3.05, 3.63) is 122 Å². The molecule has 0 heterocycles. The first-order chi connectivity index (χ1) is 50.7. The molecule has 0 radical (unpaired) electrons. The van der Waals surface area contributed by atoms with E-state index in [0.717, 1.165) is 167 Å². The second-order valence-electron chi connectivity index (χ2n) is 27.0. The van der Waals surface area contributed by atoms with Gasteiger partial charge in [-0.3, -0.25) is 37.3 Å². The fourth-order valence-corrected chi connectivity index (χ4v) is 12.3. The van der Waals surface area contributed by atoms with Crippen LogP contribution in [0.15, 0.2) is 122 Å². The van der Waals surface area contributed by atoms with Gasteiger partial charge in [-0.2, -0.15) is 0 Å². The molecule has 0 rings (SSSR count). The number of ether oxygens (including phenoxy) is 4. The lowest BCUT2D eigenvalue weighted by atomic mass is 10.1. The molecule has 5 atom stereocenters. The van der Waals surface area contributed by atoms with Gasteiger partial charge in [0.25, 0.3) is 0 Å². The van der Waals surface area contributed by atoms with Crippen molar-refractivity contribution < 1.29 is 80.2 Å². The van der Waals surface area contributed by atoms with Crippen LogP contribution in [-0.2, 0) is 65.4 Å². The zero-order chi connectivity index (χ0) is 76.0. The maximum absolute atomic E-state index is 13.1. The van der Waals surface area contributed by atoms with E-state index in [2.05, 4.69) is 131 Å². The molecule has 0 saturated carbocycles. The highest BCUT2D eigenvalue weighted by Gasteiger charge is 2.30. The molecule has 0 aliphatic carbocycles. The Labute approximate surface area is 632 Å². The van der Waals surface area contributed by atoms with E-state index in [0.29, 0.717) is 32.1 Å². The Morgan fingerprint density at radius 3 is 0.856 bits per heavy atom. The van der Waals surface area contributed by atoms with Crippen molar-refractivity contribution in [3.63, 3.8) is 0 Å². The zero-order valence-electron chi connectivity index (χ0n) is 65.4. The topological polar surface area (TPSA) is 237 Å². The van der Waals surface area contributed by atoms with Crippen LogP contribution in [0.2, 0.25) is 0 Å². The van der Waals surface area contributed by atoms with E-state index in [1.807, 2.05) is 18.2 Å². The van der Waals surface area contributed by atoms with Gasteiger partial charge in [0.2, 0.25) is 0 Å². The predicted octanol–water partition coefficient (Wildman–Crippen LogP) is 23.9. The summed E-state index contributed by atoms with van der Waals surface area (Å²) in [5, 5.41) is 10.6. The average Bonchev–Trinajstić information content (AvgIpc) is 0.918. The third kappa shape index (κ3) is 75.7. The highest BCUT2D eigenvalue weighted by molar-refractivity contribution is 7.47. The smallest absolute Gasteiger partial charge is 0.462 e. The van der Waals surface area contributed by atoms with Gasteiger partial charge in [-0.15, -0.1) is 0 Å². The Bertz CT molecular complexity index is 2440. The van der Waals surface area contributed by atoms with Crippen LogP contribution in [0.25, 0.3) is 0 Å². The summed E-state index contributed by atoms with van der Waals surface area (Å²) in [6.07, 6.45) is 84.7. The number of hydrogen-bond acceptors (Lipinski definition) is 15. The number of aliphatic hydroxyl groups excluding tert-OH is 1. The maximum Gasteiger partial charge on any atom is 0.472 e. The second kappa shape index (κ2) is 76.6. The van der Waals surface area contributed by atoms with Crippen LogP contribution >= 0.6 is 15.6 Å². The highest BCUT2D eigenvalue weighted by atomic mass is 31.2. The minimum atomic E-state index is -5.00. The first kappa shape index (κ1) is 99.5. The Morgan fingerprint density at radius 2 is 0.519 bits per heavy atom. The van der Waals surface area contributed by atoms with E-state index < -0.39 is 97.5 Å². The van der Waals surface area contributed by atoms with Crippen molar-refractivity contribution in [2.75, 3.05) is 39.6 Å². The van der Waals surface area contributed by atoms with Crippen molar-refractivity contribution in [1.82, 2.24) is 0 Å². The Hall–Kier alpha value is -4.54. The molecular weight excluding hydrogens is 1350 g/mol. The summed E-state index contributed by atoms with van der Waals surface area (Å²) in [4.78, 5) is 73.0. The molecular formula is C85H146O17P2. The van der Waals surface area contributed by atoms with Gasteiger partial charge in [-0.1, -0.05) is 284 Å². The first-order valence-corrected chi connectivity index (χ1v) is 43.8. The maximum atomic E-state index is 13.1. The number of phosphoric ester groups is 2. The molecule has 0 spiro atoms. The highest BCUT2D eigenvalue weighted by Crippen LogP contribution is 2.45. The van der Waals surface area contributed by atoms with Gasteiger partial charge in [0.05, 0.1) is 26.4 Å². The molecule has 0 aromatic carbocycles. The summed E-state index contributed by atoms with van der Waals surface area (Å²) in [7, 11) is -9.98. The lowest BCUT2D eigenvalue weighted by Gasteiger charge is -2.21. The van der Waals surface area contributed by atoms with Crippen LogP contribution in [0.3, 0.4) is 0 Å². The van der Waals surface area contributed by atoms with E-state index in [-0.39, 0.29) is 25.7 Å². The molecule has 0 saturated heterocycles. The summed E-state index contributed by atoms with van der Waals surface area (Å²) in [5.41, 5.74) is 0. The average molecular weight is 1500 g/mol. The van der Waals surface area contributed by atoms with Crippen LogP contribution in [0.5, 0.6) is 0 Å². The molecule has 0 bridgehead atoms. The minimum absolute atomic E-state index is 0.0312. The largest absolute Gasteiger partial charge is 0.472 e. The number of aliphatic hydroxyl groups is 1. The van der Waals surface area contributed by atoms with Crippen molar-refractivity contribution in [3.8, 4) is 0 Å². The van der Waals surface area contributed by atoms with Crippen molar-refractivity contribution in [2.24, 2.45) is 0 Å². The SMILES string of the molecule is CC/C=C\C/C=C\C/C=C\C/C=C\C/C=C\C/C=C\CCC(=O)OC[C@H](COP(=O)(O)OC[C@@H](O)COP(=O)(O)OC[C@@H](COC(=O)CCCCCCCCC/C=C\CCCCCC)OC(=O)CCCCCCCCC/C=C\CCCCCC)OC(=O)CCCCCCC/C=C\C/C=C\CCCCC. The van der Waals surface area contributed by atoms with Gasteiger partial charge in [-0.25, -0.2) is 9.13 Å². The molecule has 0 aliphatic heterocycles. The van der Waals surface area contributed by atoms with E-state index in [1.165, 1.54) is 83.5 Å². The van der Waals surface area contributed by atoms with Crippen molar-refractivity contribution >= 4 is 39.5 Å². The summed E-state index contributed by atoms with van der Waals surface area (Å²) < 4.78 is 68.6. The quantitative estimate of drug-likeness (QED) is 0.0169. The molecule has 3 N–H and O–H groups in total. The normalized spacial score (nSPS) is 14.5. The van der Waals surface area contributed by atoms with Gasteiger partial charge in [-0.05, 0) is 148 Å². The minimum Gasteiger partial charge on any atom is -0.462 e. The Kier molecular flexibility index (Phi) is 73.3. The molecule has 0 fully saturated rings. The van der Waals surface area contributed by atoms with Crippen molar-refractivity contribution in [1.29, 1.82) is 0 Å². The summed E-state index contributed by atoms with van der Waals surface area (Å²) in [6.45, 7) is 4.63. The summed E-state index contributed by atoms with van der Waals surface area (Å²) >= 11 is 0. The van der Waals surface area contributed by atoms with E-state index in [4.69, 9.17) is 37.0 Å². The number of phosphoric acid groups is 2. The van der Waals surface area contributed by atoms with Crippen LogP contribution < -0.4 is 0 Å². The number of hydrogen-bond donors (Lipinski definition) is 3. The number of carbonyl (C=O) groups is 4. The molecule has 0 aromatic rings. The molecule has 19 heteroatoms. The second-order valence-corrected chi connectivity index (χ2v) is 29.9. The monoisotopic (exact) mass is 1500 g/mol. The molecule has 0 aliphatic rings. The molecule has 104 heavy (non-hydrogen) atoms. The fraction of sp³-hybridized carbons (Fsp3) is 0.718. The lowest BCUT2D eigenvalue weighted by molar-refractivity contribution is -0.161. The number of esters is 4. The van der Waals surface area contributed by atoms with Gasteiger partial charge < -0.3 is 33.8 Å². The third-order valence-corrected chi connectivity index (χ3v) is 18.8. The Balaban J connectivity index is 5.43. The summed E-state index contributed by atoms with van der Waals surface area (Å²) in [6, 6.07) is 0. The number of carbonyl (C=O) groups excluding carboxylic acids is 4. The van der Waals surface area contributed by atoms with E-state index >= 15 is 0 Å². The first-order valence-electron chi connectivity index (χ1n) is 40.8. The van der Waals surface area contributed by atoms with Crippen molar-refractivity contribution in [2.45, 2.75) is 354 Å². The predicted molar refractivity (Wildman–Crippen MR) is 427 cm³/mol. The third-order valence-electron chi connectivity index (χ3n) is 16.9. The molecule has 17 nitrogen and oxygen atoms in total. The zero-order valence-corrected chi connectivity index (χ0v) is 67.2. The number of allylic oxidation sites excluding steroid dienone is 20. The van der Waals surface area contributed by atoms with E-state index in [9.17, 15) is 43.2 Å². The fourth-order valence-electron chi connectivity index (χ4n) is 10.7. The van der Waals surface area contributed by atoms with Gasteiger partial charge in [0.15, 0.2) is 12.2 Å². The van der Waals surface area contributed by atoms with Crippen LogP contribution in [0.1, 0.15) is 336 Å². The summed E-state index contributed by atoms with van der Waals surface area (Å²) in [5.74, 6) is -2.29. The van der Waals surface area contributed by atoms with Gasteiger partial charge in [0, 0.05) is 25.7 Å². The number of rotatable bonds is 76. The molecule has 2 unspecified atom stereocenters. The molecule has 0 aromatic heterocycles. The van der Waals surface area contributed by atoms with Crippen LogP contribution in [-0.4, -0.2) is 96.7 Å². The Morgan fingerprint density at radius 1 is 0.279 bits per heavy atom.